The maximum atomic E-state index is 12.0. The third-order valence-corrected chi connectivity index (χ3v) is 2.87. The number of likely N-dealkylation sites (N-methyl/N-ethyl adjacent to an activating group) is 1. The van der Waals surface area contributed by atoms with E-state index in [0.29, 0.717) is 6.42 Å². The van der Waals surface area contributed by atoms with Crippen molar-refractivity contribution in [2.75, 3.05) is 27.1 Å². The number of Topliss-reactive ketones (excluding diaryl/α,β-unsaturated/α-hetero) is 1. The molecule has 0 rings (SSSR count). The second-order valence-corrected chi connectivity index (χ2v) is 5.65. The van der Waals surface area contributed by atoms with E-state index >= 15 is 0 Å². The number of rotatable bonds is 12. The van der Waals surface area contributed by atoms with Crippen molar-refractivity contribution in [2.45, 2.75) is 57.9 Å². The lowest BCUT2D eigenvalue weighted by molar-refractivity contribution is -0.885. The Kier molecular flexibility index (Phi) is 6.93. The van der Waals surface area contributed by atoms with E-state index in [1.54, 1.807) is 0 Å². The number of carboxylic acids is 1. The number of carbonyl (C=O) groups excluding carboxylic acids is 2. The minimum Gasteiger partial charge on any atom is -0.550 e. The van der Waals surface area contributed by atoms with Crippen LogP contribution in [0.4, 0.5) is 0 Å². The average Bonchev–Trinajstić information content (AvgIpc) is 2.35. The maximum absolute atomic E-state index is 12.0. The number of quaternary nitrogens is 1. The Labute approximate surface area is 126 Å². The molecule has 0 aromatic carbocycles. The van der Waals surface area contributed by atoms with E-state index in [1.807, 2.05) is 0 Å². The second-order valence-electron chi connectivity index (χ2n) is 5.65. The predicted molar refractivity (Wildman–Crippen MR) is 75.9 cm³/mol. The molecule has 0 fully saturated rings. The topological polar surface area (TPSA) is 77.4 Å². The molecule has 0 aromatic heterocycles. The molecule has 0 aliphatic rings. The van der Waals surface area contributed by atoms with Crippen LogP contribution in [0, 0.1) is 0 Å². The molecule has 0 aliphatic heterocycles. The van der Waals surface area contributed by atoms with Crippen molar-refractivity contribution in [3.63, 3.8) is 0 Å². The zero-order valence-corrected chi connectivity index (χ0v) is 12.8. The summed E-state index contributed by atoms with van der Waals surface area (Å²) in [6, 6.07) is 0. The molecule has 0 saturated heterocycles. The van der Waals surface area contributed by atoms with Gasteiger partial charge in [0.1, 0.15) is 19.1 Å². The highest BCUT2D eigenvalue weighted by atomic mass is 16.4. The molecule has 20 heavy (non-hydrogen) atoms. The standard InChI is InChI=1S/C15H29NO4/c1-4-5-6-7-8-9-13(17)11-16(2,3)12-14(18)10-15(19)20/h14,18H,4-12H2,1-3H3/t14-/m1/s1/i12D2,14D. The van der Waals surface area contributed by atoms with Crippen LogP contribution >= 0.6 is 0 Å². The van der Waals surface area contributed by atoms with Gasteiger partial charge in [0, 0.05) is 18.8 Å². The fourth-order valence-electron chi connectivity index (χ4n) is 2.01. The molecule has 0 amide bonds. The van der Waals surface area contributed by atoms with Gasteiger partial charge >= 0.3 is 0 Å². The van der Waals surface area contributed by atoms with Gasteiger partial charge in [-0.15, -0.1) is 0 Å². The van der Waals surface area contributed by atoms with Crippen molar-refractivity contribution in [1.82, 2.24) is 0 Å². The molecular formula is C15H29NO4. The molecule has 0 unspecified atom stereocenters. The van der Waals surface area contributed by atoms with Gasteiger partial charge in [-0.2, -0.15) is 0 Å². The Morgan fingerprint density at radius 3 is 2.45 bits per heavy atom. The van der Waals surface area contributed by atoms with Crippen molar-refractivity contribution in [2.24, 2.45) is 0 Å². The van der Waals surface area contributed by atoms with Gasteiger partial charge in [-0.1, -0.05) is 32.6 Å². The Morgan fingerprint density at radius 2 is 1.90 bits per heavy atom. The first kappa shape index (κ1) is 14.0. The molecule has 1 N–H and O–H groups in total. The van der Waals surface area contributed by atoms with Gasteiger partial charge in [-0.25, -0.2) is 0 Å². The number of hydrogen-bond acceptors (Lipinski definition) is 4. The van der Waals surface area contributed by atoms with Gasteiger partial charge in [0.25, 0.3) is 0 Å². The van der Waals surface area contributed by atoms with E-state index in [0.717, 1.165) is 32.1 Å². The van der Waals surface area contributed by atoms with Crippen LogP contribution in [0.25, 0.3) is 0 Å². The lowest BCUT2D eigenvalue weighted by atomic mass is 10.1. The zero-order chi connectivity index (χ0) is 18.3. The van der Waals surface area contributed by atoms with E-state index in [9.17, 15) is 19.8 Å². The Hall–Kier alpha value is -0.940. The molecule has 5 heteroatoms. The highest BCUT2D eigenvalue weighted by Gasteiger charge is 2.23. The molecule has 0 heterocycles. The minimum absolute atomic E-state index is 0.167. The van der Waals surface area contributed by atoms with Crippen molar-refractivity contribution in [3.05, 3.63) is 0 Å². The van der Waals surface area contributed by atoms with Crippen LogP contribution < -0.4 is 5.11 Å². The summed E-state index contributed by atoms with van der Waals surface area (Å²) in [4.78, 5) is 22.6. The predicted octanol–water partition coefficient (Wildman–Crippen LogP) is 0.493. The van der Waals surface area contributed by atoms with Crippen LogP contribution in [-0.2, 0) is 9.59 Å². The van der Waals surface area contributed by atoms with Crippen LogP contribution in [0.2, 0.25) is 0 Å². The molecule has 0 saturated carbocycles. The summed E-state index contributed by atoms with van der Waals surface area (Å²) in [6.45, 7) is -0.748. The highest BCUT2D eigenvalue weighted by Crippen LogP contribution is 2.08. The minimum atomic E-state index is -2.88. The SMILES string of the molecule is [2H]C([2H])([C@]([2H])(O)CC(=O)[O-])[N+](C)(C)CC(=O)CCCCCCC. The Bertz CT molecular complexity index is 412. The van der Waals surface area contributed by atoms with Crippen LogP contribution in [0.1, 0.15) is 56.0 Å². The third kappa shape index (κ3) is 10.9. The molecule has 0 spiro atoms. The fraction of sp³-hybridized carbons (Fsp3) is 0.867. The maximum Gasteiger partial charge on any atom is 0.186 e. The molecule has 0 aromatic rings. The quantitative estimate of drug-likeness (QED) is 0.419. The number of ketones is 1. The molecule has 0 radical (unpaired) electrons. The van der Waals surface area contributed by atoms with Crippen molar-refractivity contribution >= 4 is 11.8 Å². The number of aliphatic carboxylic acids is 1. The van der Waals surface area contributed by atoms with Crippen molar-refractivity contribution in [1.29, 1.82) is 0 Å². The summed E-state index contributed by atoms with van der Waals surface area (Å²) in [7, 11) is 2.73. The van der Waals surface area contributed by atoms with Crippen LogP contribution in [0.5, 0.6) is 0 Å². The summed E-state index contributed by atoms with van der Waals surface area (Å²) in [5, 5.41) is 20.5. The van der Waals surface area contributed by atoms with Gasteiger partial charge in [0.2, 0.25) is 0 Å². The van der Waals surface area contributed by atoms with E-state index in [2.05, 4.69) is 6.92 Å². The van der Waals surface area contributed by atoms with E-state index in [1.165, 1.54) is 14.1 Å². The van der Waals surface area contributed by atoms with Gasteiger partial charge in [0.15, 0.2) is 5.78 Å². The summed E-state index contributed by atoms with van der Waals surface area (Å²) >= 11 is 0. The summed E-state index contributed by atoms with van der Waals surface area (Å²) in [5.74, 6) is -1.88. The lowest BCUT2D eigenvalue weighted by Gasteiger charge is -2.31. The van der Waals surface area contributed by atoms with Gasteiger partial charge in [-0.3, -0.25) is 4.79 Å². The molecule has 118 valence electrons. The number of carbonyl (C=O) groups is 2. The monoisotopic (exact) mass is 290 g/mol. The zero-order valence-electron chi connectivity index (χ0n) is 15.8. The Balaban J connectivity index is 4.70. The second kappa shape index (κ2) is 9.88. The summed E-state index contributed by atoms with van der Waals surface area (Å²) < 4.78 is 22.9. The van der Waals surface area contributed by atoms with Gasteiger partial charge < -0.3 is 19.5 Å². The van der Waals surface area contributed by atoms with Gasteiger partial charge in [0.05, 0.1) is 18.2 Å². The first-order valence-electron chi connectivity index (χ1n) is 8.64. The fourth-order valence-corrected chi connectivity index (χ4v) is 2.01. The number of nitrogens with zero attached hydrogens (tertiary/aromatic N) is 1. The first-order valence-corrected chi connectivity index (χ1v) is 7.14. The highest BCUT2D eigenvalue weighted by molar-refractivity contribution is 5.79. The van der Waals surface area contributed by atoms with Crippen LogP contribution in [0.3, 0.4) is 0 Å². The number of carboxylic acid groups (broad SMARTS) is 1. The number of aliphatic hydroxyl groups is 1. The third-order valence-electron chi connectivity index (χ3n) is 2.87. The summed E-state index contributed by atoms with van der Waals surface area (Å²) in [6.07, 6.45) is 1.23. The lowest BCUT2D eigenvalue weighted by Crippen LogP contribution is -2.49. The largest absolute Gasteiger partial charge is 0.550 e. The van der Waals surface area contributed by atoms with E-state index < -0.39 is 29.5 Å². The molecule has 0 bridgehead atoms. The van der Waals surface area contributed by atoms with Crippen LogP contribution in [0.15, 0.2) is 0 Å². The Morgan fingerprint density at radius 1 is 1.30 bits per heavy atom. The summed E-state index contributed by atoms with van der Waals surface area (Å²) in [5.41, 5.74) is 0. The molecule has 0 aliphatic carbocycles. The first-order chi connectivity index (χ1) is 10.4. The van der Waals surface area contributed by atoms with E-state index in [4.69, 9.17) is 4.11 Å². The normalized spacial score (nSPS) is 17.7. The van der Waals surface area contributed by atoms with Crippen molar-refractivity contribution < 1.29 is 28.4 Å². The molecule has 5 nitrogen and oxygen atoms in total. The number of hydrogen-bond donors (Lipinski definition) is 1. The number of unbranched alkanes of at least 4 members (excludes halogenated alkanes) is 4. The smallest absolute Gasteiger partial charge is 0.186 e. The molecular weight excluding hydrogens is 258 g/mol. The van der Waals surface area contributed by atoms with Gasteiger partial charge in [-0.05, 0) is 6.42 Å². The van der Waals surface area contributed by atoms with Crippen LogP contribution in [-0.4, -0.2) is 54.6 Å². The molecule has 1 atom stereocenters. The van der Waals surface area contributed by atoms with Crippen molar-refractivity contribution in [3.8, 4) is 0 Å². The average molecular weight is 290 g/mol. The van der Waals surface area contributed by atoms with E-state index in [-0.39, 0.29) is 12.3 Å².